The van der Waals surface area contributed by atoms with E-state index in [1.165, 1.54) is 25.6 Å². The van der Waals surface area contributed by atoms with Crippen LogP contribution in [0.3, 0.4) is 0 Å². The number of aromatic nitrogens is 2. The predicted octanol–water partition coefficient (Wildman–Crippen LogP) is -0.0416. The predicted molar refractivity (Wildman–Crippen MR) is 63.5 cm³/mol. The second-order valence-corrected chi connectivity index (χ2v) is 4.81. The van der Waals surface area contributed by atoms with E-state index in [4.69, 9.17) is 5.73 Å². The minimum absolute atomic E-state index is 0.140. The van der Waals surface area contributed by atoms with Crippen LogP contribution in [0.15, 0.2) is 6.20 Å². The number of fused-ring (bicyclic) bond motifs is 1. The number of carbonyl (C=O) groups excluding carboxylic acids is 1. The number of hydrogen-bond acceptors (Lipinski definition) is 4. The van der Waals surface area contributed by atoms with Crippen LogP contribution in [0.5, 0.6) is 0 Å². The topological polar surface area (TPSA) is 87.0 Å². The summed E-state index contributed by atoms with van der Waals surface area (Å²) in [5.74, 6) is -0.140. The third-order valence-electron chi connectivity index (χ3n) is 3.82. The van der Waals surface area contributed by atoms with E-state index in [0.717, 1.165) is 13.0 Å². The number of H-pyrrole nitrogens is 1. The Labute approximate surface area is 99.5 Å². The zero-order chi connectivity index (χ0) is 11.8. The maximum atomic E-state index is 12.0. The fourth-order valence-corrected chi connectivity index (χ4v) is 2.97. The Hall–Kier alpha value is -1.56. The van der Waals surface area contributed by atoms with Crippen molar-refractivity contribution in [2.75, 3.05) is 18.8 Å². The normalized spacial score (nSPS) is 28.2. The van der Waals surface area contributed by atoms with Crippen LogP contribution in [0.4, 0.5) is 5.69 Å². The first kappa shape index (κ1) is 10.6. The van der Waals surface area contributed by atoms with E-state index in [-0.39, 0.29) is 11.9 Å². The molecule has 0 spiro atoms. The molecule has 3 heterocycles. The van der Waals surface area contributed by atoms with Crippen molar-refractivity contribution in [3.8, 4) is 0 Å². The van der Waals surface area contributed by atoms with E-state index >= 15 is 0 Å². The summed E-state index contributed by atoms with van der Waals surface area (Å²) in [6, 6.07) is 0.774. The second kappa shape index (κ2) is 4.03. The molecule has 0 saturated carbocycles. The first-order chi connectivity index (χ1) is 8.25. The molecule has 92 valence electrons. The summed E-state index contributed by atoms with van der Waals surface area (Å²) in [6.07, 6.45) is 4.92. The molecule has 0 aliphatic carbocycles. The molecule has 2 saturated heterocycles. The van der Waals surface area contributed by atoms with Crippen molar-refractivity contribution >= 4 is 11.6 Å². The highest BCUT2D eigenvalue weighted by Crippen LogP contribution is 2.28. The van der Waals surface area contributed by atoms with Gasteiger partial charge >= 0.3 is 0 Å². The molecule has 17 heavy (non-hydrogen) atoms. The van der Waals surface area contributed by atoms with Crippen LogP contribution in [0.1, 0.15) is 29.8 Å². The number of anilines is 1. The number of amides is 1. The summed E-state index contributed by atoms with van der Waals surface area (Å²) in [5, 5.41) is 9.46. The largest absolute Gasteiger partial charge is 0.396 e. The lowest BCUT2D eigenvalue weighted by Gasteiger charge is -2.20. The first-order valence-electron chi connectivity index (χ1n) is 6.09. The van der Waals surface area contributed by atoms with Crippen LogP contribution in [-0.2, 0) is 0 Å². The number of rotatable bonds is 2. The number of aromatic amines is 1. The van der Waals surface area contributed by atoms with Gasteiger partial charge in [0.1, 0.15) is 5.69 Å². The van der Waals surface area contributed by atoms with Gasteiger partial charge in [0.15, 0.2) is 0 Å². The van der Waals surface area contributed by atoms with Gasteiger partial charge in [-0.1, -0.05) is 0 Å². The molecule has 1 aromatic rings. The van der Waals surface area contributed by atoms with E-state index in [2.05, 4.69) is 20.4 Å². The highest BCUT2D eigenvalue weighted by molar-refractivity contribution is 5.97. The van der Waals surface area contributed by atoms with E-state index in [1.807, 2.05) is 0 Å². The Kier molecular flexibility index (Phi) is 2.51. The molecule has 6 heteroatoms. The third kappa shape index (κ3) is 1.78. The van der Waals surface area contributed by atoms with Crippen molar-refractivity contribution in [3.63, 3.8) is 0 Å². The minimum atomic E-state index is -0.140. The average molecular weight is 235 g/mol. The molecule has 6 nitrogen and oxygen atoms in total. The van der Waals surface area contributed by atoms with Crippen molar-refractivity contribution in [2.24, 2.45) is 0 Å². The highest BCUT2D eigenvalue weighted by atomic mass is 16.2. The number of nitrogen functional groups attached to an aromatic ring is 1. The zero-order valence-corrected chi connectivity index (χ0v) is 9.65. The highest BCUT2D eigenvalue weighted by Gasteiger charge is 2.38. The molecule has 0 bridgehead atoms. The van der Waals surface area contributed by atoms with Crippen LogP contribution in [-0.4, -0.2) is 46.2 Å². The third-order valence-corrected chi connectivity index (χ3v) is 3.82. The number of nitrogens with zero attached hydrogens (tertiary/aromatic N) is 2. The van der Waals surface area contributed by atoms with E-state index in [9.17, 15) is 4.79 Å². The Morgan fingerprint density at radius 2 is 2.41 bits per heavy atom. The summed E-state index contributed by atoms with van der Waals surface area (Å²) in [7, 11) is 0. The summed E-state index contributed by atoms with van der Waals surface area (Å²) in [5.41, 5.74) is 6.44. The molecular formula is C11H17N5O. The Morgan fingerprint density at radius 1 is 1.53 bits per heavy atom. The maximum absolute atomic E-state index is 12.0. The Bertz CT molecular complexity index is 429. The van der Waals surface area contributed by atoms with Gasteiger partial charge in [-0.25, -0.2) is 0 Å². The van der Waals surface area contributed by atoms with Crippen molar-refractivity contribution in [1.29, 1.82) is 0 Å². The van der Waals surface area contributed by atoms with E-state index < -0.39 is 0 Å². The summed E-state index contributed by atoms with van der Waals surface area (Å²) < 4.78 is 0. The molecule has 4 N–H and O–H groups in total. The lowest BCUT2D eigenvalue weighted by molar-refractivity contribution is 0.0925. The lowest BCUT2D eigenvalue weighted by Crippen LogP contribution is -2.42. The molecule has 2 atom stereocenters. The van der Waals surface area contributed by atoms with Gasteiger partial charge in [-0.05, 0) is 25.8 Å². The van der Waals surface area contributed by atoms with Crippen LogP contribution in [0.2, 0.25) is 0 Å². The molecule has 3 rings (SSSR count). The SMILES string of the molecule is Nc1cn[nH]c1C(=O)NC1CCN2CCCC12. The summed E-state index contributed by atoms with van der Waals surface area (Å²) in [4.78, 5) is 14.4. The Balaban J connectivity index is 1.68. The van der Waals surface area contributed by atoms with Crippen LogP contribution >= 0.6 is 0 Å². The molecule has 1 aromatic heterocycles. The van der Waals surface area contributed by atoms with Crippen LogP contribution < -0.4 is 11.1 Å². The van der Waals surface area contributed by atoms with Crippen LogP contribution in [0, 0.1) is 0 Å². The summed E-state index contributed by atoms with van der Waals surface area (Å²) in [6.45, 7) is 2.26. The van der Waals surface area contributed by atoms with Crippen molar-refractivity contribution in [3.05, 3.63) is 11.9 Å². The van der Waals surface area contributed by atoms with Crippen molar-refractivity contribution in [1.82, 2.24) is 20.4 Å². The molecule has 2 fully saturated rings. The summed E-state index contributed by atoms with van der Waals surface area (Å²) >= 11 is 0. The van der Waals surface area contributed by atoms with Gasteiger partial charge < -0.3 is 11.1 Å². The lowest BCUT2D eigenvalue weighted by atomic mass is 10.1. The molecule has 0 radical (unpaired) electrons. The monoisotopic (exact) mass is 235 g/mol. The molecule has 2 aliphatic heterocycles. The molecule has 2 unspecified atom stereocenters. The number of nitrogens with one attached hydrogen (secondary N) is 2. The number of hydrogen-bond donors (Lipinski definition) is 3. The fraction of sp³-hybridized carbons (Fsp3) is 0.636. The number of nitrogens with two attached hydrogens (primary N) is 1. The molecule has 0 aromatic carbocycles. The standard InChI is InChI=1S/C11H17N5O/c12-7-6-13-15-10(7)11(17)14-8-3-5-16-4-1-2-9(8)16/h6,8-9H,1-5,12H2,(H,13,15)(H,14,17). The van der Waals surface area contributed by atoms with Gasteiger partial charge in [-0.15, -0.1) is 0 Å². The smallest absolute Gasteiger partial charge is 0.271 e. The quantitative estimate of drug-likeness (QED) is 0.671. The Morgan fingerprint density at radius 3 is 3.18 bits per heavy atom. The van der Waals surface area contributed by atoms with Gasteiger partial charge in [0.05, 0.1) is 11.9 Å². The first-order valence-corrected chi connectivity index (χ1v) is 6.09. The van der Waals surface area contributed by atoms with E-state index in [1.54, 1.807) is 0 Å². The van der Waals surface area contributed by atoms with Crippen molar-refractivity contribution < 1.29 is 4.79 Å². The molecule has 2 aliphatic rings. The zero-order valence-electron chi connectivity index (χ0n) is 9.65. The van der Waals surface area contributed by atoms with Gasteiger partial charge in [-0.2, -0.15) is 5.10 Å². The van der Waals surface area contributed by atoms with Gasteiger partial charge in [0.2, 0.25) is 0 Å². The molecular weight excluding hydrogens is 218 g/mol. The average Bonchev–Trinajstić information content (AvgIpc) is 2.96. The number of carbonyl (C=O) groups is 1. The molecule has 1 amide bonds. The minimum Gasteiger partial charge on any atom is -0.396 e. The second-order valence-electron chi connectivity index (χ2n) is 4.81. The van der Waals surface area contributed by atoms with Gasteiger partial charge in [-0.3, -0.25) is 14.8 Å². The van der Waals surface area contributed by atoms with Gasteiger partial charge in [0, 0.05) is 18.6 Å². The van der Waals surface area contributed by atoms with E-state index in [0.29, 0.717) is 17.4 Å². The fourth-order valence-electron chi connectivity index (χ4n) is 2.97. The van der Waals surface area contributed by atoms with Gasteiger partial charge in [0.25, 0.3) is 5.91 Å². The maximum Gasteiger partial charge on any atom is 0.271 e. The van der Waals surface area contributed by atoms with Crippen molar-refractivity contribution in [2.45, 2.75) is 31.3 Å². The van der Waals surface area contributed by atoms with Crippen LogP contribution in [0.25, 0.3) is 0 Å².